The summed E-state index contributed by atoms with van der Waals surface area (Å²) >= 11 is 1.58. The van der Waals surface area contributed by atoms with Gasteiger partial charge in [-0.1, -0.05) is 6.92 Å². The highest BCUT2D eigenvalue weighted by atomic mass is 32.2. The zero-order valence-electron chi connectivity index (χ0n) is 10.2. The Balaban J connectivity index is 2.34. The van der Waals surface area contributed by atoms with Gasteiger partial charge in [0.2, 0.25) is 5.91 Å². The van der Waals surface area contributed by atoms with Gasteiger partial charge in [-0.05, 0) is 25.6 Å². The summed E-state index contributed by atoms with van der Waals surface area (Å²) in [7, 11) is 0. The van der Waals surface area contributed by atoms with E-state index in [4.69, 9.17) is 0 Å². The fourth-order valence-electron chi connectivity index (χ4n) is 1.93. The summed E-state index contributed by atoms with van der Waals surface area (Å²) in [6.45, 7) is 5.80. The third-order valence-electron chi connectivity index (χ3n) is 2.95. The molecule has 1 saturated heterocycles. The average molecular weight is 246 g/mol. The van der Waals surface area contributed by atoms with Crippen molar-refractivity contribution in [3.05, 3.63) is 0 Å². The van der Waals surface area contributed by atoms with E-state index in [1.807, 2.05) is 6.26 Å². The van der Waals surface area contributed by atoms with Crippen molar-refractivity contribution in [3.63, 3.8) is 0 Å². The van der Waals surface area contributed by atoms with E-state index in [1.54, 1.807) is 18.7 Å². The second-order valence-electron chi connectivity index (χ2n) is 4.89. The number of nitrogens with one attached hydrogen (secondary N) is 2. The number of rotatable bonds is 5. The van der Waals surface area contributed by atoms with Gasteiger partial charge in [-0.3, -0.25) is 4.79 Å². The Morgan fingerprint density at radius 2 is 2.31 bits per heavy atom. The van der Waals surface area contributed by atoms with Crippen molar-refractivity contribution in [1.29, 1.82) is 0 Å². The van der Waals surface area contributed by atoms with Crippen LogP contribution in [-0.4, -0.2) is 48.3 Å². The minimum Gasteiger partial charge on any atom is -0.387 e. The summed E-state index contributed by atoms with van der Waals surface area (Å²) in [5.74, 6) is 1.11. The van der Waals surface area contributed by atoms with Gasteiger partial charge in [0.05, 0.1) is 11.5 Å². The van der Waals surface area contributed by atoms with Crippen LogP contribution < -0.4 is 10.6 Å². The predicted molar refractivity (Wildman–Crippen MR) is 67.5 cm³/mol. The molecule has 3 atom stereocenters. The maximum absolute atomic E-state index is 11.8. The number of amides is 1. The summed E-state index contributed by atoms with van der Waals surface area (Å²) in [6, 6.07) is 0. The van der Waals surface area contributed by atoms with Crippen LogP contribution in [0.2, 0.25) is 0 Å². The maximum Gasteiger partial charge on any atom is 0.224 e. The van der Waals surface area contributed by atoms with Crippen molar-refractivity contribution in [2.75, 3.05) is 31.6 Å². The number of carbonyl (C=O) groups is 1. The second kappa shape index (κ2) is 5.89. The van der Waals surface area contributed by atoms with Crippen LogP contribution in [0.15, 0.2) is 0 Å². The Kier molecular flexibility index (Phi) is 5.08. The summed E-state index contributed by atoms with van der Waals surface area (Å²) in [6.07, 6.45) is 1.94. The van der Waals surface area contributed by atoms with Crippen molar-refractivity contribution >= 4 is 17.7 Å². The van der Waals surface area contributed by atoms with E-state index < -0.39 is 5.60 Å². The lowest BCUT2D eigenvalue weighted by atomic mass is 9.97. The standard InChI is InChI=1S/C11H22N2O2S/c1-8-4-12-5-9(8)10(14)13-6-11(2,15)7-16-3/h8-9,12,15H,4-7H2,1-3H3,(H,13,14)/t8-,9-,11?/m1/s1. The molecule has 0 spiro atoms. The van der Waals surface area contributed by atoms with Gasteiger partial charge in [0.15, 0.2) is 0 Å². The van der Waals surface area contributed by atoms with Crippen LogP contribution in [0, 0.1) is 11.8 Å². The van der Waals surface area contributed by atoms with Crippen LogP contribution >= 0.6 is 11.8 Å². The molecule has 0 aromatic rings. The maximum atomic E-state index is 11.8. The number of carbonyl (C=O) groups excluding carboxylic acids is 1. The summed E-state index contributed by atoms with van der Waals surface area (Å²) in [5, 5.41) is 16.0. The van der Waals surface area contributed by atoms with Crippen molar-refractivity contribution in [1.82, 2.24) is 10.6 Å². The topological polar surface area (TPSA) is 61.4 Å². The minimum absolute atomic E-state index is 0.0464. The van der Waals surface area contributed by atoms with Gasteiger partial charge in [-0.2, -0.15) is 11.8 Å². The third kappa shape index (κ3) is 3.96. The third-order valence-corrected chi connectivity index (χ3v) is 3.86. The fraction of sp³-hybridized carbons (Fsp3) is 0.909. The molecular weight excluding hydrogens is 224 g/mol. The Bertz CT molecular complexity index is 246. The normalized spacial score (nSPS) is 28.8. The lowest BCUT2D eigenvalue weighted by molar-refractivity contribution is -0.126. The highest BCUT2D eigenvalue weighted by Crippen LogP contribution is 2.16. The van der Waals surface area contributed by atoms with Gasteiger partial charge in [-0.15, -0.1) is 0 Å². The largest absolute Gasteiger partial charge is 0.387 e. The Labute approximate surface area is 102 Å². The van der Waals surface area contributed by atoms with Gasteiger partial charge in [0.1, 0.15) is 0 Å². The first kappa shape index (κ1) is 13.8. The van der Waals surface area contributed by atoms with Crippen molar-refractivity contribution in [2.45, 2.75) is 19.4 Å². The Morgan fingerprint density at radius 3 is 2.81 bits per heavy atom. The molecule has 4 nitrogen and oxygen atoms in total. The minimum atomic E-state index is -0.815. The fourth-order valence-corrected chi connectivity index (χ4v) is 2.66. The SMILES string of the molecule is CSCC(C)(O)CNC(=O)[C@@H]1CNC[C@H]1C. The summed E-state index contributed by atoms with van der Waals surface area (Å²) in [5.41, 5.74) is -0.815. The molecule has 0 aliphatic carbocycles. The molecule has 0 saturated carbocycles. The first-order valence-corrected chi connectivity index (χ1v) is 7.05. The molecule has 1 aliphatic heterocycles. The van der Waals surface area contributed by atoms with Crippen LogP contribution in [0.1, 0.15) is 13.8 Å². The molecule has 5 heteroatoms. The number of aliphatic hydroxyl groups is 1. The quantitative estimate of drug-likeness (QED) is 0.642. The Morgan fingerprint density at radius 1 is 1.62 bits per heavy atom. The Hall–Kier alpha value is -0.260. The van der Waals surface area contributed by atoms with E-state index in [0.717, 1.165) is 13.1 Å². The number of thioether (sulfide) groups is 1. The molecule has 0 radical (unpaired) electrons. The molecule has 0 aromatic heterocycles. The molecule has 1 aliphatic rings. The van der Waals surface area contributed by atoms with Gasteiger partial charge < -0.3 is 15.7 Å². The molecule has 94 valence electrons. The molecule has 1 fully saturated rings. The van der Waals surface area contributed by atoms with E-state index in [2.05, 4.69) is 17.6 Å². The van der Waals surface area contributed by atoms with E-state index in [9.17, 15) is 9.90 Å². The van der Waals surface area contributed by atoms with Gasteiger partial charge in [0.25, 0.3) is 0 Å². The zero-order chi connectivity index (χ0) is 12.2. The van der Waals surface area contributed by atoms with Gasteiger partial charge in [-0.25, -0.2) is 0 Å². The van der Waals surface area contributed by atoms with Crippen LogP contribution in [0.5, 0.6) is 0 Å². The molecule has 0 aromatic carbocycles. The van der Waals surface area contributed by atoms with Crippen LogP contribution in [0.25, 0.3) is 0 Å². The van der Waals surface area contributed by atoms with Crippen LogP contribution in [0.3, 0.4) is 0 Å². The van der Waals surface area contributed by atoms with E-state index in [1.165, 1.54) is 0 Å². The molecule has 1 amide bonds. The summed E-state index contributed by atoms with van der Waals surface area (Å²) in [4.78, 5) is 11.8. The monoisotopic (exact) mass is 246 g/mol. The van der Waals surface area contributed by atoms with Crippen molar-refractivity contribution in [2.24, 2.45) is 11.8 Å². The molecule has 1 rings (SSSR count). The average Bonchev–Trinajstić information content (AvgIpc) is 2.61. The smallest absolute Gasteiger partial charge is 0.224 e. The lowest BCUT2D eigenvalue weighted by Gasteiger charge is -2.24. The predicted octanol–water partition coefficient (Wildman–Crippen LogP) is 0.0721. The zero-order valence-corrected chi connectivity index (χ0v) is 11.1. The van der Waals surface area contributed by atoms with Crippen molar-refractivity contribution < 1.29 is 9.90 Å². The molecule has 16 heavy (non-hydrogen) atoms. The highest BCUT2D eigenvalue weighted by molar-refractivity contribution is 7.98. The van der Waals surface area contributed by atoms with E-state index in [-0.39, 0.29) is 11.8 Å². The van der Waals surface area contributed by atoms with Gasteiger partial charge >= 0.3 is 0 Å². The molecule has 0 bridgehead atoms. The molecule has 1 heterocycles. The molecule has 3 N–H and O–H groups in total. The lowest BCUT2D eigenvalue weighted by Crippen LogP contribution is -2.45. The van der Waals surface area contributed by atoms with E-state index >= 15 is 0 Å². The van der Waals surface area contributed by atoms with Gasteiger partial charge in [0, 0.05) is 18.8 Å². The second-order valence-corrected chi connectivity index (χ2v) is 5.76. The van der Waals surface area contributed by atoms with Crippen LogP contribution in [0.4, 0.5) is 0 Å². The molecule has 1 unspecified atom stereocenters. The van der Waals surface area contributed by atoms with Crippen molar-refractivity contribution in [3.8, 4) is 0 Å². The first-order valence-electron chi connectivity index (χ1n) is 5.66. The number of hydrogen-bond donors (Lipinski definition) is 3. The van der Waals surface area contributed by atoms with E-state index in [0.29, 0.717) is 18.2 Å². The number of hydrogen-bond acceptors (Lipinski definition) is 4. The van der Waals surface area contributed by atoms with Crippen LogP contribution in [-0.2, 0) is 4.79 Å². The highest BCUT2D eigenvalue weighted by Gasteiger charge is 2.30. The first-order chi connectivity index (χ1) is 7.46. The molecular formula is C11H22N2O2S. The summed E-state index contributed by atoms with van der Waals surface area (Å²) < 4.78 is 0.